The Hall–Kier alpha value is -2.53. The smallest absolute Gasteiger partial charge is 0.342 e. The maximum absolute atomic E-state index is 12.2. The van der Waals surface area contributed by atoms with Gasteiger partial charge in [0, 0.05) is 10.7 Å². The van der Waals surface area contributed by atoms with Crippen LogP contribution < -0.4 is 10.1 Å². The molecule has 2 rings (SSSR count). The van der Waals surface area contributed by atoms with Gasteiger partial charge in [0.15, 0.2) is 6.10 Å². The van der Waals surface area contributed by atoms with E-state index < -0.39 is 18.0 Å². The highest BCUT2D eigenvalue weighted by Gasteiger charge is 2.21. The highest BCUT2D eigenvalue weighted by molar-refractivity contribution is 6.31. The van der Waals surface area contributed by atoms with E-state index in [9.17, 15) is 9.59 Å². The Bertz CT molecular complexity index is 743. The molecule has 0 fully saturated rings. The minimum atomic E-state index is -0.970. The molecule has 0 heterocycles. The Morgan fingerprint density at radius 2 is 1.79 bits per heavy atom. The van der Waals surface area contributed by atoms with Gasteiger partial charge >= 0.3 is 5.97 Å². The number of rotatable bonds is 5. The molecule has 1 atom stereocenters. The number of carbonyl (C=O) groups excluding carboxylic acids is 2. The Morgan fingerprint density at radius 1 is 1.12 bits per heavy atom. The second kappa shape index (κ2) is 7.84. The van der Waals surface area contributed by atoms with Crippen LogP contribution >= 0.6 is 11.6 Å². The number of benzene rings is 2. The van der Waals surface area contributed by atoms with Crippen LogP contribution in [0.25, 0.3) is 0 Å². The fourth-order valence-corrected chi connectivity index (χ4v) is 2.17. The number of carbonyl (C=O) groups is 2. The lowest BCUT2D eigenvalue weighted by molar-refractivity contribution is -0.123. The summed E-state index contributed by atoms with van der Waals surface area (Å²) in [5.74, 6) is -0.773. The average molecular weight is 348 g/mol. The second-order valence-corrected chi connectivity index (χ2v) is 5.68. The van der Waals surface area contributed by atoms with Crippen molar-refractivity contribution < 1.29 is 19.1 Å². The monoisotopic (exact) mass is 347 g/mol. The van der Waals surface area contributed by atoms with Crippen LogP contribution in [0.15, 0.2) is 42.5 Å². The minimum Gasteiger partial charge on any atom is -0.496 e. The van der Waals surface area contributed by atoms with Gasteiger partial charge in [0.05, 0.1) is 7.11 Å². The number of ether oxygens (including phenoxy) is 2. The molecule has 0 bridgehead atoms. The third-order valence-corrected chi connectivity index (χ3v) is 3.59. The number of hydrogen-bond acceptors (Lipinski definition) is 4. The lowest BCUT2D eigenvalue weighted by Crippen LogP contribution is -2.30. The fourth-order valence-electron chi connectivity index (χ4n) is 2.00. The maximum atomic E-state index is 12.2. The summed E-state index contributed by atoms with van der Waals surface area (Å²) in [6.07, 6.45) is -0.970. The van der Waals surface area contributed by atoms with E-state index in [2.05, 4.69) is 5.32 Å². The normalized spacial score (nSPS) is 11.5. The topological polar surface area (TPSA) is 64.6 Å². The Kier molecular flexibility index (Phi) is 5.82. The van der Waals surface area contributed by atoms with Crippen LogP contribution in [0.2, 0.25) is 5.02 Å². The molecule has 2 aromatic carbocycles. The largest absolute Gasteiger partial charge is 0.496 e. The van der Waals surface area contributed by atoms with Gasteiger partial charge in [-0.2, -0.15) is 0 Å². The molecule has 0 unspecified atom stereocenters. The Morgan fingerprint density at radius 3 is 2.42 bits per heavy atom. The van der Waals surface area contributed by atoms with Gasteiger partial charge in [-0.15, -0.1) is 0 Å². The molecule has 5 nitrogen and oxygen atoms in total. The first-order chi connectivity index (χ1) is 11.4. The number of nitrogens with one attached hydrogen (secondary N) is 1. The zero-order valence-electron chi connectivity index (χ0n) is 13.6. The molecule has 0 aliphatic carbocycles. The number of hydrogen-bond donors (Lipinski definition) is 1. The molecule has 0 spiro atoms. The lowest BCUT2D eigenvalue weighted by Gasteiger charge is -2.15. The van der Waals surface area contributed by atoms with E-state index in [1.165, 1.54) is 20.1 Å². The van der Waals surface area contributed by atoms with Gasteiger partial charge in [-0.05, 0) is 44.2 Å². The van der Waals surface area contributed by atoms with Crippen molar-refractivity contribution in [2.75, 3.05) is 12.4 Å². The van der Waals surface area contributed by atoms with E-state index in [1.807, 2.05) is 19.1 Å². The molecule has 0 saturated carbocycles. The van der Waals surface area contributed by atoms with Crippen LogP contribution in [0, 0.1) is 6.92 Å². The van der Waals surface area contributed by atoms with E-state index in [0.29, 0.717) is 16.5 Å². The first-order valence-electron chi connectivity index (χ1n) is 7.32. The van der Waals surface area contributed by atoms with Crippen molar-refractivity contribution in [3.8, 4) is 5.75 Å². The summed E-state index contributed by atoms with van der Waals surface area (Å²) in [7, 11) is 1.44. The second-order valence-electron chi connectivity index (χ2n) is 5.25. The summed E-state index contributed by atoms with van der Waals surface area (Å²) in [6, 6.07) is 11.9. The number of halogens is 1. The average Bonchev–Trinajstić information content (AvgIpc) is 2.56. The summed E-state index contributed by atoms with van der Waals surface area (Å²) in [5, 5.41) is 3.07. The van der Waals surface area contributed by atoms with Crippen LogP contribution in [-0.4, -0.2) is 25.1 Å². The van der Waals surface area contributed by atoms with Crippen LogP contribution in [0.5, 0.6) is 5.75 Å². The molecule has 0 aliphatic heterocycles. The van der Waals surface area contributed by atoms with Crippen LogP contribution in [-0.2, 0) is 9.53 Å². The zero-order valence-corrected chi connectivity index (χ0v) is 14.4. The van der Waals surface area contributed by atoms with Gasteiger partial charge in [0.1, 0.15) is 11.3 Å². The molecule has 0 aromatic heterocycles. The van der Waals surface area contributed by atoms with Crippen molar-refractivity contribution in [3.63, 3.8) is 0 Å². The van der Waals surface area contributed by atoms with Gasteiger partial charge in [-0.1, -0.05) is 29.3 Å². The van der Waals surface area contributed by atoms with Crippen molar-refractivity contribution in [3.05, 3.63) is 58.6 Å². The van der Waals surface area contributed by atoms with Gasteiger partial charge in [-0.3, -0.25) is 4.79 Å². The van der Waals surface area contributed by atoms with Crippen LogP contribution in [0.1, 0.15) is 22.8 Å². The van der Waals surface area contributed by atoms with Crippen LogP contribution in [0.3, 0.4) is 0 Å². The van der Waals surface area contributed by atoms with E-state index in [-0.39, 0.29) is 5.56 Å². The van der Waals surface area contributed by atoms with Crippen molar-refractivity contribution in [1.29, 1.82) is 0 Å². The molecule has 126 valence electrons. The van der Waals surface area contributed by atoms with Crippen molar-refractivity contribution >= 4 is 29.2 Å². The molecule has 0 aliphatic rings. The number of methoxy groups -OCH3 is 1. The summed E-state index contributed by atoms with van der Waals surface area (Å²) in [4.78, 5) is 24.4. The van der Waals surface area contributed by atoms with E-state index in [0.717, 1.165) is 5.56 Å². The van der Waals surface area contributed by atoms with E-state index in [1.54, 1.807) is 24.3 Å². The van der Waals surface area contributed by atoms with Gasteiger partial charge < -0.3 is 14.8 Å². The molecule has 2 aromatic rings. The highest BCUT2D eigenvalue weighted by Crippen LogP contribution is 2.24. The molecule has 0 radical (unpaired) electrons. The van der Waals surface area contributed by atoms with Gasteiger partial charge in [0.2, 0.25) is 0 Å². The predicted octanol–water partition coefficient (Wildman–Crippen LogP) is 3.84. The summed E-state index contributed by atoms with van der Waals surface area (Å²) >= 11 is 5.89. The zero-order chi connectivity index (χ0) is 17.7. The maximum Gasteiger partial charge on any atom is 0.342 e. The standard InChI is InChI=1S/C18H18ClNO4/c1-11-4-7-14(8-5-11)20-17(21)12(2)24-18(22)15-10-13(19)6-9-16(15)23-3/h4-10,12H,1-3H3,(H,20,21)/t12-/m0/s1. The molecule has 6 heteroatoms. The number of amides is 1. The summed E-state index contributed by atoms with van der Waals surface area (Å²) in [6.45, 7) is 3.45. The summed E-state index contributed by atoms with van der Waals surface area (Å²) < 4.78 is 10.3. The SMILES string of the molecule is COc1ccc(Cl)cc1C(=O)O[C@@H](C)C(=O)Nc1ccc(C)cc1. The van der Waals surface area contributed by atoms with Crippen LogP contribution in [0.4, 0.5) is 5.69 Å². The van der Waals surface area contributed by atoms with Gasteiger partial charge in [-0.25, -0.2) is 4.79 Å². The first kappa shape index (κ1) is 17.8. The van der Waals surface area contributed by atoms with Crippen molar-refractivity contribution in [1.82, 2.24) is 0 Å². The van der Waals surface area contributed by atoms with E-state index in [4.69, 9.17) is 21.1 Å². The molecular formula is C18H18ClNO4. The highest BCUT2D eigenvalue weighted by atomic mass is 35.5. The van der Waals surface area contributed by atoms with Gasteiger partial charge in [0.25, 0.3) is 5.91 Å². The van der Waals surface area contributed by atoms with E-state index >= 15 is 0 Å². The number of anilines is 1. The molecule has 1 amide bonds. The molecule has 1 N–H and O–H groups in total. The van der Waals surface area contributed by atoms with Crippen molar-refractivity contribution in [2.45, 2.75) is 20.0 Å². The first-order valence-corrected chi connectivity index (χ1v) is 7.70. The Balaban J connectivity index is 2.04. The fraction of sp³-hybridized carbons (Fsp3) is 0.222. The molecule has 24 heavy (non-hydrogen) atoms. The third kappa shape index (κ3) is 4.49. The lowest BCUT2D eigenvalue weighted by atomic mass is 10.2. The number of aryl methyl sites for hydroxylation is 1. The third-order valence-electron chi connectivity index (χ3n) is 3.35. The number of esters is 1. The molecular weight excluding hydrogens is 330 g/mol. The predicted molar refractivity (Wildman–Crippen MR) is 92.7 cm³/mol. The molecule has 0 saturated heterocycles. The Labute approximate surface area is 145 Å². The quantitative estimate of drug-likeness (QED) is 0.834. The minimum absolute atomic E-state index is 0.167. The van der Waals surface area contributed by atoms with Crippen molar-refractivity contribution in [2.24, 2.45) is 0 Å². The summed E-state index contributed by atoms with van der Waals surface area (Å²) in [5.41, 5.74) is 1.88.